The van der Waals surface area contributed by atoms with Gasteiger partial charge in [0.25, 0.3) is 5.91 Å². The molecule has 4 N–H and O–H groups in total. The van der Waals surface area contributed by atoms with Crippen LogP contribution >= 0.6 is 11.6 Å². The van der Waals surface area contributed by atoms with Gasteiger partial charge in [-0.25, -0.2) is 0 Å². The van der Waals surface area contributed by atoms with Crippen LogP contribution in [0.25, 0.3) is 0 Å². The summed E-state index contributed by atoms with van der Waals surface area (Å²) in [5.74, 6) is -0.647. The molecule has 5 nitrogen and oxygen atoms in total. The highest BCUT2D eigenvalue weighted by Gasteiger charge is 2.17. The van der Waals surface area contributed by atoms with Gasteiger partial charge in [-0.05, 0) is 31.5 Å². The minimum atomic E-state index is -0.628. The Kier molecular flexibility index (Phi) is 5.63. The van der Waals surface area contributed by atoms with Crippen molar-refractivity contribution in [3.63, 3.8) is 0 Å². The van der Waals surface area contributed by atoms with Crippen molar-refractivity contribution >= 4 is 29.1 Å². The Morgan fingerprint density at radius 2 is 2.11 bits per heavy atom. The second-order valence-electron chi connectivity index (χ2n) is 4.23. The number of rotatable bonds is 5. The molecule has 1 rings (SSSR count). The van der Waals surface area contributed by atoms with E-state index in [0.717, 1.165) is 6.42 Å². The number of hydrogen-bond acceptors (Lipinski definition) is 3. The minimum absolute atomic E-state index is 0.227. The summed E-state index contributed by atoms with van der Waals surface area (Å²) < 4.78 is 0. The topological polar surface area (TPSA) is 84.2 Å². The van der Waals surface area contributed by atoms with Crippen LogP contribution in [0.15, 0.2) is 18.2 Å². The molecule has 0 aliphatic carbocycles. The number of benzene rings is 1. The number of halogens is 1. The lowest BCUT2D eigenvalue weighted by Crippen LogP contribution is -2.45. The van der Waals surface area contributed by atoms with Crippen molar-refractivity contribution in [2.45, 2.75) is 26.3 Å². The molecule has 1 atom stereocenters. The van der Waals surface area contributed by atoms with Gasteiger partial charge in [0.1, 0.15) is 6.04 Å². The van der Waals surface area contributed by atoms with E-state index in [2.05, 4.69) is 10.6 Å². The normalized spacial score (nSPS) is 11.7. The van der Waals surface area contributed by atoms with Crippen molar-refractivity contribution in [1.82, 2.24) is 10.6 Å². The van der Waals surface area contributed by atoms with Crippen LogP contribution < -0.4 is 16.4 Å². The van der Waals surface area contributed by atoms with Crippen LogP contribution in [-0.2, 0) is 4.79 Å². The molecule has 0 saturated carbocycles. The zero-order chi connectivity index (χ0) is 14.4. The molecule has 0 bridgehead atoms. The summed E-state index contributed by atoms with van der Waals surface area (Å²) in [7, 11) is 0. The number of hydrogen-bond donors (Lipinski definition) is 3. The van der Waals surface area contributed by atoms with Gasteiger partial charge in [-0.1, -0.05) is 18.5 Å². The SMILES string of the molecule is CCCNC(=O)C(C)NC(=O)c1cc(N)ccc1Cl. The van der Waals surface area contributed by atoms with Gasteiger partial charge in [-0.15, -0.1) is 0 Å². The van der Waals surface area contributed by atoms with E-state index in [1.807, 2.05) is 6.92 Å². The van der Waals surface area contributed by atoms with Crippen molar-refractivity contribution in [3.05, 3.63) is 28.8 Å². The predicted octanol–water partition coefficient (Wildman–Crippen LogP) is 1.57. The first-order chi connectivity index (χ1) is 8.95. The molecule has 1 aromatic rings. The van der Waals surface area contributed by atoms with Gasteiger partial charge in [0.2, 0.25) is 5.91 Å². The van der Waals surface area contributed by atoms with Crippen molar-refractivity contribution in [2.24, 2.45) is 0 Å². The standard InChI is InChI=1S/C13H18ClN3O2/c1-3-6-16-12(18)8(2)17-13(19)10-7-9(15)4-5-11(10)14/h4-5,7-8H,3,6,15H2,1-2H3,(H,16,18)(H,17,19). The minimum Gasteiger partial charge on any atom is -0.399 e. The van der Waals surface area contributed by atoms with Gasteiger partial charge >= 0.3 is 0 Å². The first-order valence-corrected chi connectivity index (χ1v) is 6.47. The van der Waals surface area contributed by atoms with E-state index in [0.29, 0.717) is 17.3 Å². The first kappa shape index (κ1) is 15.3. The van der Waals surface area contributed by atoms with Crippen LogP contribution in [0.5, 0.6) is 0 Å². The Labute approximate surface area is 117 Å². The number of carbonyl (C=O) groups is 2. The summed E-state index contributed by atoms with van der Waals surface area (Å²) in [5.41, 5.74) is 6.31. The number of amides is 2. The van der Waals surface area contributed by atoms with Crippen LogP contribution in [0.2, 0.25) is 5.02 Å². The van der Waals surface area contributed by atoms with Crippen LogP contribution in [0.4, 0.5) is 5.69 Å². The summed E-state index contributed by atoms with van der Waals surface area (Å²) in [4.78, 5) is 23.6. The van der Waals surface area contributed by atoms with Gasteiger partial charge in [-0.2, -0.15) is 0 Å². The number of nitrogens with two attached hydrogens (primary N) is 1. The average Bonchev–Trinajstić information content (AvgIpc) is 2.38. The lowest BCUT2D eigenvalue weighted by molar-refractivity contribution is -0.122. The summed E-state index contributed by atoms with van der Waals surface area (Å²) >= 11 is 5.92. The molecule has 0 fully saturated rings. The predicted molar refractivity (Wildman–Crippen MR) is 76.1 cm³/mol. The maximum absolute atomic E-state index is 12.0. The molecule has 0 heterocycles. The number of nitrogen functional groups attached to an aromatic ring is 1. The van der Waals surface area contributed by atoms with E-state index >= 15 is 0 Å². The smallest absolute Gasteiger partial charge is 0.253 e. The zero-order valence-corrected chi connectivity index (χ0v) is 11.8. The lowest BCUT2D eigenvalue weighted by atomic mass is 10.1. The third-order valence-electron chi connectivity index (χ3n) is 2.53. The second kappa shape index (κ2) is 6.99. The van der Waals surface area contributed by atoms with Crippen LogP contribution in [0.3, 0.4) is 0 Å². The molecule has 0 aromatic heterocycles. The summed E-state index contributed by atoms with van der Waals surface area (Å²) in [6.07, 6.45) is 0.841. The number of anilines is 1. The molecular formula is C13H18ClN3O2. The van der Waals surface area contributed by atoms with Gasteiger partial charge in [0.05, 0.1) is 10.6 Å². The molecule has 0 radical (unpaired) electrons. The van der Waals surface area contributed by atoms with Gasteiger partial charge in [-0.3, -0.25) is 9.59 Å². The maximum atomic E-state index is 12.0. The Bertz CT molecular complexity index is 477. The number of nitrogens with one attached hydrogen (secondary N) is 2. The molecule has 0 spiro atoms. The highest BCUT2D eigenvalue weighted by Crippen LogP contribution is 2.18. The van der Waals surface area contributed by atoms with E-state index < -0.39 is 11.9 Å². The summed E-state index contributed by atoms with van der Waals surface area (Å²) in [6.45, 7) is 4.15. The van der Waals surface area contributed by atoms with E-state index in [1.165, 1.54) is 6.07 Å². The first-order valence-electron chi connectivity index (χ1n) is 6.09. The molecule has 2 amide bonds. The second-order valence-corrected chi connectivity index (χ2v) is 4.63. The Balaban J connectivity index is 2.68. The zero-order valence-electron chi connectivity index (χ0n) is 11.0. The highest BCUT2D eigenvalue weighted by molar-refractivity contribution is 6.34. The summed E-state index contributed by atoms with van der Waals surface area (Å²) in [6, 6.07) is 4.01. The van der Waals surface area contributed by atoms with E-state index in [-0.39, 0.29) is 11.5 Å². The van der Waals surface area contributed by atoms with E-state index in [1.54, 1.807) is 19.1 Å². The number of carbonyl (C=O) groups excluding carboxylic acids is 2. The molecule has 0 aliphatic heterocycles. The third kappa shape index (κ3) is 4.44. The molecule has 0 saturated heterocycles. The molecule has 0 aliphatic rings. The molecular weight excluding hydrogens is 266 g/mol. The third-order valence-corrected chi connectivity index (χ3v) is 2.85. The molecule has 19 heavy (non-hydrogen) atoms. The van der Waals surface area contributed by atoms with Crippen molar-refractivity contribution < 1.29 is 9.59 Å². The quantitative estimate of drug-likeness (QED) is 0.717. The van der Waals surface area contributed by atoms with Crippen molar-refractivity contribution in [1.29, 1.82) is 0 Å². The summed E-state index contributed by atoms with van der Waals surface area (Å²) in [5, 5.41) is 5.58. The maximum Gasteiger partial charge on any atom is 0.253 e. The van der Waals surface area contributed by atoms with Crippen LogP contribution in [-0.4, -0.2) is 24.4 Å². The van der Waals surface area contributed by atoms with Crippen molar-refractivity contribution in [3.8, 4) is 0 Å². The Morgan fingerprint density at radius 3 is 2.74 bits per heavy atom. The van der Waals surface area contributed by atoms with Gasteiger partial charge in [0, 0.05) is 12.2 Å². The lowest BCUT2D eigenvalue weighted by Gasteiger charge is -2.14. The van der Waals surface area contributed by atoms with Crippen LogP contribution in [0, 0.1) is 0 Å². The van der Waals surface area contributed by atoms with E-state index in [9.17, 15) is 9.59 Å². The Morgan fingerprint density at radius 1 is 1.42 bits per heavy atom. The molecule has 1 aromatic carbocycles. The Hall–Kier alpha value is -1.75. The largest absolute Gasteiger partial charge is 0.399 e. The molecule has 1 unspecified atom stereocenters. The van der Waals surface area contributed by atoms with Crippen molar-refractivity contribution in [2.75, 3.05) is 12.3 Å². The fourth-order valence-electron chi connectivity index (χ4n) is 1.46. The fourth-order valence-corrected chi connectivity index (χ4v) is 1.66. The van der Waals surface area contributed by atoms with Gasteiger partial charge < -0.3 is 16.4 Å². The molecule has 104 valence electrons. The average molecular weight is 284 g/mol. The molecule has 6 heteroatoms. The van der Waals surface area contributed by atoms with Crippen LogP contribution in [0.1, 0.15) is 30.6 Å². The van der Waals surface area contributed by atoms with E-state index in [4.69, 9.17) is 17.3 Å². The van der Waals surface area contributed by atoms with Gasteiger partial charge in [0.15, 0.2) is 0 Å². The monoisotopic (exact) mass is 283 g/mol. The highest BCUT2D eigenvalue weighted by atomic mass is 35.5. The fraction of sp³-hybridized carbons (Fsp3) is 0.385.